The van der Waals surface area contributed by atoms with Crippen molar-refractivity contribution in [2.75, 3.05) is 11.9 Å². The number of ether oxygens (including phenoxy) is 1. The van der Waals surface area contributed by atoms with Crippen molar-refractivity contribution >= 4 is 32.8 Å². The van der Waals surface area contributed by atoms with Crippen LogP contribution in [-0.2, 0) is 0 Å². The molecule has 0 aliphatic rings. The summed E-state index contributed by atoms with van der Waals surface area (Å²) >= 11 is 8.61. The van der Waals surface area contributed by atoms with E-state index in [0.29, 0.717) is 12.2 Å². The van der Waals surface area contributed by atoms with E-state index >= 15 is 0 Å². The zero-order chi connectivity index (χ0) is 10.4. The first kappa shape index (κ1) is 11.5. The van der Waals surface area contributed by atoms with Gasteiger partial charge in [-0.1, -0.05) is 15.9 Å². The molecule has 14 heavy (non-hydrogen) atoms. The Balaban J connectivity index is 2.51. The van der Waals surface area contributed by atoms with Crippen molar-refractivity contribution < 1.29 is 9.53 Å². The molecule has 0 atom stereocenters. The molecule has 0 aromatic heterocycles. The van der Waals surface area contributed by atoms with Gasteiger partial charge >= 0.3 is 0 Å². The average Bonchev–Trinajstić information content (AvgIpc) is 2.19. The molecule has 0 saturated heterocycles. The van der Waals surface area contributed by atoms with Gasteiger partial charge in [-0.25, -0.2) is 0 Å². The lowest BCUT2D eigenvalue weighted by Gasteiger charge is -2.04. The number of rotatable bonds is 5. The molecule has 0 bridgehead atoms. The van der Waals surface area contributed by atoms with Gasteiger partial charge in [0.1, 0.15) is 5.75 Å². The molecule has 0 fully saturated rings. The van der Waals surface area contributed by atoms with E-state index in [1.165, 1.54) is 0 Å². The van der Waals surface area contributed by atoms with Crippen LogP contribution in [-0.4, -0.2) is 17.2 Å². The second-order valence-corrected chi connectivity index (χ2v) is 3.83. The van der Waals surface area contributed by atoms with Crippen LogP contribution < -0.4 is 4.74 Å². The average molecular weight is 278 g/mol. The summed E-state index contributed by atoms with van der Waals surface area (Å²) in [5, 5.41) is 0.475. The SMILES string of the molecule is O=C(Cl)c1ccc(OCCCBr)cc1. The van der Waals surface area contributed by atoms with E-state index in [0.717, 1.165) is 17.5 Å². The predicted octanol–water partition coefficient (Wildman–Crippen LogP) is 3.23. The van der Waals surface area contributed by atoms with Crippen LogP contribution in [0.4, 0.5) is 0 Å². The summed E-state index contributed by atoms with van der Waals surface area (Å²) in [6.45, 7) is 0.666. The predicted molar refractivity (Wildman–Crippen MR) is 60.5 cm³/mol. The minimum atomic E-state index is -0.447. The fraction of sp³-hybridized carbons (Fsp3) is 0.300. The van der Waals surface area contributed by atoms with Crippen molar-refractivity contribution in [1.29, 1.82) is 0 Å². The number of carbonyl (C=O) groups excluding carboxylic acids is 1. The Morgan fingerprint density at radius 1 is 1.36 bits per heavy atom. The van der Waals surface area contributed by atoms with Crippen molar-refractivity contribution in [3.05, 3.63) is 29.8 Å². The van der Waals surface area contributed by atoms with Crippen molar-refractivity contribution in [1.82, 2.24) is 0 Å². The van der Waals surface area contributed by atoms with Crippen LogP contribution in [0.1, 0.15) is 16.8 Å². The highest BCUT2D eigenvalue weighted by molar-refractivity contribution is 9.09. The van der Waals surface area contributed by atoms with Crippen molar-refractivity contribution in [2.45, 2.75) is 6.42 Å². The number of benzene rings is 1. The molecule has 4 heteroatoms. The molecule has 1 aromatic carbocycles. The molecule has 2 nitrogen and oxygen atoms in total. The molecular formula is C10H10BrClO2. The summed E-state index contributed by atoms with van der Waals surface area (Å²) in [7, 11) is 0. The zero-order valence-electron chi connectivity index (χ0n) is 7.50. The maximum absolute atomic E-state index is 10.7. The number of hydrogen-bond donors (Lipinski definition) is 0. The summed E-state index contributed by atoms with van der Waals surface area (Å²) < 4.78 is 5.40. The molecule has 0 N–H and O–H groups in total. The van der Waals surface area contributed by atoms with Gasteiger partial charge in [-0.15, -0.1) is 0 Å². The first-order valence-corrected chi connectivity index (χ1v) is 5.72. The molecule has 0 heterocycles. The summed E-state index contributed by atoms with van der Waals surface area (Å²) in [6, 6.07) is 6.78. The normalized spacial score (nSPS) is 9.86. The van der Waals surface area contributed by atoms with E-state index in [-0.39, 0.29) is 0 Å². The first-order chi connectivity index (χ1) is 6.74. The maximum Gasteiger partial charge on any atom is 0.252 e. The molecule has 1 rings (SSSR count). The summed E-state index contributed by atoms with van der Waals surface area (Å²) in [4.78, 5) is 10.7. The minimum absolute atomic E-state index is 0.447. The molecule has 0 unspecified atom stereocenters. The number of carbonyl (C=O) groups is 1. The Morgan fingerprint density at radius 3 is 2.50 bits per heavy atom. The maximum atomic E-state index is 10.7. The van der Waals surface area contributed by atoms with Crippen LogP contribution >= 0.6 is 27.5 Å². The van der Waals surface area contributed by atoms with E-state index in [4.69, 9.17) is 16.3 Å². The van der Waals surface area contributed by atoms with Gasteiger partial charge in [0.05, 0.1) is 6.61 Å². The van der Waals surface area contributed by atoms with Crippen LogP contribution in [0.2, 0.25) is 0 Å². The van der Waals surface area contributed by atoms with E-state index < -0.39 is 5.24 Å². The van der Waals surface area contributed by atoms with Crippen molar-refractivity contribution in [2.24, 2.45) is 0 Å². The van der Waals surface area contributed by atoms with Crippen LogP contribution in [0, 0.1) is 0 Å². The number of halogens is 2. The van der Waals surface area contributed by atoms with Gasteiger partial charge in [0.15, 0.2) is 0 Å². The largest absolute Gasteiger partial charge is 0.494 e. The Morgan fingerprint density at radius 2 is 2.00 bits per heavy atom. The van der Waals surface area contributed by atoms with Gasteiger partial charge in [0.2, 0.25) is 0 Å². The van der Waals surface area contributed by atoms with Crippen molar-refractivity contribution in [3.8, 4) is 5.75 Å². The molecule has 0 radical (unpaired) electrons. The number of hydrogen-bond acceptors (Lipinski definition) is 2. The van der Waals surface area contributed by atoms with E-state index in [1.807, 2.05) is 0 Å². The lowest BCUT2D eigenvalue weighted by atomic mass is 10.2. The lowest BCUT2D eigenvalue weighted by molar-refractivity contribution is 0.108. The van der Waals surface area contributed by atoms with Crippen LogP contribution in [0.25, 0.3) is 0 Å². The van der Waals surface area contributed by atoms with Crippen LogP contribution in [0.3, 0.4) is 0 Å². The van der Waals surface area contributed by atoms with E-state index in [1.54, 1.807) is 24.3 Å². The first-order valence-electron chi connectivity index (χ1n) is 4.22. The van der Waals surface area contributed by atoms with Gasteiger partial charge in [-0.05, 0) is 42.3 Å². The van der Waals surface area contributed by atoms with Gasteiger partial charge in [0.25, 0.3) is 5.24 Å². The lowest BCUT2D eigenvalue weighted by Crippen LogP contribution is -1.98. The third-order valence-corrected chi connectivity index (χ3v) is 2.41. The fourth-order valence-corrected chi connectivity index (χ4v) is 1.28. The fourth-order valence-electron chi connectivity index (χ4n) is 0.927. The topological polar surface area (TPSA) is 26.3 Å². The van der Waals surface area contributed by atoms with E-state index in [2.05, 4.69) is 15.9 Å². The summed E-state index contributed by atoms with van der Waals surface area (Å²) in [5.41, 5.74) is 0.486. The third-order valence-electron chi connectivity index (χ3n) is 1.63. The molecule has 1 aromatic rings. The second-order valence-electron chi connectivity index (χ2n) is 2.69. The summed E-state index contributed by atoms with van der Waals surface area (Å²) in [5.74, 6) is 0.757. The summed E-state index contributed by atoms with van der Waals surface area (Å²) in [6.07, 6.45) is 0.955. The third kappa shape index (κ3) is 3.68. The minimum Gasteiger partial charge on any atom is -0.494 e. The molecule has 0 amide bonds. The van der Waals surface area contributed by atoms with Crippen LogP contribution in [0.15, 0.2) is 24.3 Å². The molecule has 0 saturated carbocycles. The molecule has 76 valence electrons. The van der Waals surface area contributed by atoms with Crippen LogP contribution in [0.5, 0.6) is 5.75 Å². The standard InChI is InChI=1S/C10H10BrClO2/c11-6-1-7-14-9-4-2-8(3-5-9)10(12)13/h2-5H,1,6-7H2. The highest BCUT2D eigenvalue weighted by Crippen LogP contribution is 2.13. The monoisotopic (exact) mass is 276 g/mol. The highest BCUT2D eigenvalue weighted by Gasteiger charge is 2.00. The molecular weight excluding hydrogens is 267 g/mol. The van der Waals surface area contributed by atoms with Gasteiger partial charge < -0.3 is 4.74 Å². The smallest absolute Gasteiger partial charge is 0.252 e. The molecule has 0 spiro atoms. The highest BCUT2D eigenvalue weighted by atomic mass is 79.9. The molecule has 0 aliphatic carbocycles. The number of alkyl halides is 1. The van der Waals surface area contributed by atoms with Gasteiger partial charge in [0, 0.05) is 10.9 Å². The Bertz CT molecular complexity index is 297. The second kappa shape index (κ2) is 6.04. The quantitative estimate of drug-likeness (QED) is 0.469. The Kier molecular flexibility index (Phi) is 4.98. The zero-order valence-corrected chi connectivity index (χ0v) is 9.85. The van der Waals surface area contributed by atoms with Crippen molar-refractivity contribution in [3.63, 3.8) is 0 Å². The van der Waals surface area contributed by atoms with Gasteiger partial charge in [-0.3, -0.25) is 4.79 Å². The van der Waals surface area contributed by atoms with E-state index in [9.17, 15) is 4.79 Å². The Hall–Kier alpha value is -0.540. The van der Waals surface area contributed by atoms with Gasteiger partial charge in [-0.2, -0.15) is 0 Å². The molecule has 0 aliphatic heterocycles. The Labute approximate surface area is 96.3 Å².